The molecule has 0 spiro atoms. The molecule has 3 aromatic rings. The smallest absolute Gasteiger partial charge is 0.293 e. The number of amides is 2. The van der Waals surface area contributed by atoms with Crippen molar-refractivity contribution in [3.05, 3.63) is 96.4 Å². The molecule has 4 rings (SSSR count). The van der Waals surface area contributed by atoms with Crippen LogP contribution in [0, 0.1) is 10.5 Å². The van der Waals surface area contributed by atoms with Gasteiger partial charge in [0.25, 0.3) is 11.1 Å². The third kappa shape index (κ3) is 6.20. The maximum Gasteiger partial charge on any atom is 0.293 e. The van der Waals surface area contributed by atoms with E-state index in [0.29, 0.717) is 34.6 Å². The van der Waals surface area contributed by atoms with E-state index in [2.05, 4.69) is 22.6 Å². The maximum atomic E-state index is 13.0. The van der Waals surface area contributed by atoms with E-state index in [-0.39, 0.29) is 17.7 Å². The Balaban J connectivity index is 1.55. The van der Waals surface area contributed by atoms with Crippen LogP contribution in [-0.2, 0) is 17.9 Å². The Morgan fingerprint density at radius 3 is 2.51 bits per heavy atom. The van der Waals surface area contributed by atoms with Crippen LogP contribution in [0.3, 0.4) is 0 Å². The molecule has 0 saturated carbocycles. The van der Waals surface area contributed by atoms with Crippen LogP contribution in [0.2, 0.25) is 5.02 Å². The Morgan fingerprint density at radius 2 is 1.80 bits per heavy atom. The van der Waals surface area contributed by atoms with Gasteiger partial charge in [0, 0.05) is 10.6 Å². The minimum absolute atomic E-state index is 0.249. The number of halogens is 2. The number of imide groups is 1. The molecule has 1 fully saturated rings. The summed E-state index contributed by atoms with van der Waals surface area (Å²) in [7, 11) is 0. The second kappa shape index (κ2) is 11.5. The standard InChI is InChI=1S/C27H23ClINO4S/c1-3-33-23-13-19(12-22(29)25(23)34-16-20-6-4-5-7-21(20)28)14-24-26(31)30(27(32)35-24)15-18-10-8-17(2)9-11-18/h4-14H,3,15-16H2,1-2H3/b24-14-. The number of hydrogen-bond donors (Lipinski definition) is 0. The molecule has 8 heteroatoms. The second-order valence-corrected chi connectivity index (χ2v) is 10.5. The minimum atomic E-state index is -0.299. The largest absolute Gasteiger partial charge is 0.490 e. The fourth-order valence-corrected chi connectivity index (χ4v) is 5.31. The summed E-state index contributed by atoms with van der Waals surface area (Å²) >= 11 is 9.39. The highest BCUT2D eigenvalue weighted by Crippen LogP contribution is 2.38. The molecule has 0 unspecified atom stereocenters. The summed E-state index contributed by atoms with van der Waals surface area (Å²) in [6, 6.07) is 19.0. The van der Waals surface area contributed by atoms with Gasteiger partial charge in [0.1, 0.15) is 6.61 Å². The van der Waals surface area contributed by atoms with Gasteiger partial charge < -0.3 is 9.47 Å². The maximum absolute atomic E-state index is 13.0. The monoisotopic (exact) mass is 619 g/mol. The molecule has 0 bridgehead atoms. The third-order valence-corrected chi connectivity index (χ3v) is 7.37. The highest BCUT2D eigenvalue weighted by atomic mass is 127. The van der Waals surface area contributed by atoms with Crippen LogP contribution >= 0.6 is 46.0 Å². The molecule has 1 aliphatic heterocycles. The lowest BCUT2D eigenvalue weighted by atomic mass is 10.1. The first-order valence-electron chi connectivity index (χ1n) is 11.0. The quantitative estimate of drug-likeness (QED) is 0.193. The Bertz CT molecular complexity index is 1290. The lowest BCUT2D eigenvalue weighted by molar-refractivity contribution is -0.123. The van der Waals surface area contributed by atoms with Crippen LogP contribution < -0.4 is 9.47 Å². The van der Waals surface area contributed by atoms with Crippen LogP contribution in [0.5, 0.6) is 11.5 Å². The fraction of sp³-hybridized carbons (Fsp3) is 0.185. The van der Waals surface area contributed by atoms with Crippen LogP contribution in [-0.4, -0.2) is 22.7 Å². The number of carbonyl (C=O) groups is 2. The van der Waals surface area contributed by atoms with E-state index in [1.54, 1.807) is 6.08 Å². The Hall–Kier alpha value is -2.49. The van der Waals surface area contributed by atoms with Crippen molar-refractivity contribution in [1.82, 2.24) is 4.90 Å². The summed E-state index contributed by atoms with van der Waals surface area (Å²) in [5, 5.41) is 0.361. The first-order chi connectivity index (χ1) is 16.9. The number of nitrogens with zero attached hydrogens (tertiary/aromatic N) is 1. The number of hydrogen-bond acceptors (Lipinski definition) is 5. The molecule has 2 amide bonds. The van der Waals surface area contributed by atoms with E-state index in [1.165, 1.54) is 4.90 Å². The molecule has 0 N–H and O–H groups in total. The summed E-state index contributed by atoms with van der Waals surface area (Å²) in [6.45, 7) is 4.90. The van der Waals surface area contributed by atoms with E-state index in [1.807, 2.05) is 74.5 Å². The van der Waals surface area contributed by atoms with Crippen molar-refractivity contribution in [2.24, 2.45) is 0 Å². The van der Waals surface area contributed by atoms with Gasteiger partial charge in [-0.1, -0.05) is 59.6 Å². The van der Waals surface area contributed by atoms with E-state index in [4.69, 9.17) is 21.1 Å². The van der Waals surface area contributed by atoms with Crippen LogP contribution in [0.15, 0.2) is 65.6 Å². The average Bonchev–Trinajstić information content (AvgIpc) is 3.08. The Morgan fingerprint density at radius 1 is 1.06 bits per heavy atom. The molecule has 0 radical (unpaired) electrons. The zero-order chi connectivity index (χ0) is 24.9. The van der Waals surface area contributed by atoms with Gasteiger partial charge in [-0.3, -0.25) is 14.5 Å². The molecule has 0 atom stereocenters. The second-order valence-electron chi connectivity index (χ2n) is 7.90. The molecule has 1 aliphatic rings. The average molecular weight is 620 g/mol. The van der Waals surface area contributed by atoms with Gasteiger partial charge >= 0.3 is 0 Å². The molecule has 0 aliphatic carbocycles. The van der Waals surface area contributed by atoms with Gasteiger partial charge in [-0.25, -0.2) is 0 Å². The Kier molecular flexibility index (Phi) is 8.41. The topological polar surface area (TPSA) is 55.8 Å². The van der Waals surface area contributed by atoms with Crippen molar-refractivity contribution < 1.29 is 19.1 Å². The van der Waals surface area contributed by atoms with Gasteiger partial charge in [-0.15, -0.1) is 0 Å². The predicted octanol–water partition coefficient (Wildman–Crippen LogP) is 7.47. The highest BCUT2D eigenvalue weighted by molar-refractivity contribution is 14.1. The molecule has 1 heterocycles. The number of aryl methyl sites for hydroxylation is 1. The normalized spacial score (nSPS) is 14.6. The van der Waals surface area contributed by atoms with Crippen LogP contribution in [0.25, 0.3) is 6.08 Å². The van der Waals surface area contributed by atoms with E-state index >= 15 is 0 Å². The molecule has 1 saturated heterocycles. The SMILES string of the molecule is CCOc1cc(/C=C2\SC(=O)N(Cc3ccc(C)cc3)C2=O)cc(I)c1OCc1ccccc1Cl. The number of rotatable bonds is 8. The van der Waals surface area contributed by atoms with E-state index < -0.39 is 0 Å². The summed E-state index contributed by atoms with van der Waals surface area (Å²) in [5.41, 5.74) is 3.66. The minimum Gasteiger partial charge on any atom is -0.490 e. The van der Waals surface area contributed by atoms with Crippen molar-refractivity contribution in [3.8, 4) is 11.5 Å². The Labute approximate surface area is 227 Å². The van der Waals surface area contributed by atoms with Crippen molar-refractivity contribution in [2.45, 2.75) is 27.0 Å². The third-order valence-electron chi connectivity index (χ3n) is 5.29. The molecule has 35 heavy (non-hydrogen) atoms. The number of carbonyl (C=O) groups excluding carboxylic acids is 2. The summed E-state index contributed by atoms with van der Waals surface area (Å²) in [6.07, 6.45) is 1.72. The van der Waals surface area contributed by atoms with Gasteiger partial charge in [0.2, 0.25) is 0 Å². The molecule has 180 valence electrons. The molecule has 3 aromatic carbocycles. The lowest BCUT2D eigenvalue weighted by Crippen LogP contribution is -2.27. The molecular weight excluding hydrogens is 597 g/mol. The molecular formula is C27H23ClINO4S. The lowest BCUT2D eigenvalue weighted by Gasteiger charge is -2.15. The first-order valence-corrected chi connectivity index (χ1v) is 13.3. The number of ether oxygens (including phenoxy) is 2. The van der Waals surface area contributed by atoms with Gasteiger partial charge in [0.15, 0.2) is 11.5 Å². The summed E-state index contributed by atoms with van der Waals surface area (Å²) in [5.74, 6) is 0.876. The fourth-order valence-electron chi connectivity index (χ4n) is 3.50. The highest BCUT2D eigenvalue weighted by Gasteiger charge is 2.35. The molecule has 5 nitrogen and oxygen atoms in total. The van der Waals surface area contributed by atoms with Crippen molar-refractivity contribution in [3.63, 3.8) is 0 Å². The number of benzene rings is 3. The zero-order valence-electron chi connectivity index (χ0n) is 19.2. The van der Waals surface area contributed by atoms with Gasteiger partial charge in [0.05, 0.1) is 21.6 Å². The summed E-state index contributed by atoms with van der Waals surface area (Å²) in [4.78, 5) is 27.2. The van der Waals surface area contributed by atoms with Crippen molar-refractivity contribution in [2.75, 3.05) is 6.61 Å². The zero-order valence-corrected chi connectivity index (χ0v) is 22.9. The van der Waals surface area contributed by atoms with Crippen molar-refractivity contribution >= 4 is 63.2 Å². The van der Waals surface area contributed by atoms with Crippen molar-refractivity contribution in [1.29, 1.82) is 0 Å². The van der Waals surface area contributed by atoms with E-state index in [9.17, 15) is 9.59 Å². The first kappa shape index (κ1) is 25.6. The van der Waals surface area contributed by atoms with Gasteiger partial charge in [-0.05, 0) is 83.6 Å². The number of thioether (sulfide) groups is 1. The summed E-state index contributed by atoms with van der Waals surface area (Å²) < 4.78 is 12.7. The van der Waals surface area contributed by atoms with Gasteiger partial charge in [-0.2, -0.15) is 0 Å². The van der Waals surface area contributed by atoms with Crippen LogP contribution in [0.4, 0.5) is 4.79 Å². The van der Waals surface area contributed by atoms with E-state index in [0.717, 1.165) is 37.6 Å². The molecule has 0 aromatic heterocycles. The predicted molar refractivity (Wildman–Crippen MR) is 149 cm³/mol. The van der Waals surface area contributed by atoms with Crippen LogP contribution in [0.1, 0.15) is 29.2 Å².